The van der Waals surface area contributed by atoms with Gasteiger partial charge in [0.25, 0.3) is 0 Å². The van der Waals surface area contributed by atoms with E-state index in [2.05, 4.69) is 34.3 Å². The summed E-state index contributed by atoms with van der Waals surface area (Å²) in [5.74, 6) is 0. The van der Waals surface area contributed by atoms with Crippen LogP contribution in [0.1, 0.15) is 36.2 Å². The Labute approximate surface area is 120 Å². The van der Waals surface area contributed by atoms with E-state index in [-0.39, 0.29) is 6.04 Å². The van der Waals surface area contributed by atoms with E-state index in [0.717, 1.165) is 25.2 Å². The quantitative estimate of drug-likeness (QED) is 0.931. The molecule has 2 aromatic rings. The first-order valence-corrected chi connectivity index (χ1v) is 7.25. The van der Waals surface area contributed by atoms with Crippen molar-refractivity contribution in [3.8, 4) is 0 Å². The zero-order valence-corrected chi connectivity index (χ0v) is 12.2. The molecule has 2 N–H and O–H groups in total. The summed E-state index contributed by atoms with van der Waals surface area (Å²) in [6.07, 6.45) is 4.34. The largest absolute Gasteiger partial charge is 0.365 e. The van der Waals surface area contributed by atoms with Gasteiger partial charge in [0.15, 0.2) is 0 Å². The Morgan fingerprint density at radius 3 is 2.90 bits per heavy atom. The molecule has 1 atom stereocenters. The Morgan fingerprint density at radius 2 is 2.20 bits per heavy atom. The van der Waals surface area contributed by atoms with E-state index in [4.69, 9.17) is 5.73 Å². The molecule has 0 saturated carbocycles. The predicted octanol–water partition coefficient (Wildman–Crippen LogP) is 2.39. The van der Waals surface area contributed by atoms with Gasteiger partial charge in [-0.05, 0) is 43.0 Å². The Balaban J connectivity index is 1.86. The van der Waals surface area contributed by atoms with Crippen molar-refractivity contribution in [2.75, 3.05) is 11.4 Å². The third-order valence-corrected chi connectivity index (χ3v) is 3.97. The number of anilines is 1. The molecule has 0 spiro atoms. The summed E-state index contributed by atoms with van der Waals surface area (Å²) < 4.78 is 1.86. The van der Waals surface area contributed by atoms with Crippen LogP contribution in [-0.2, 0) is 20.0 Å². The minimum atomic E-state index is 0.103. The zero-order chi connectivity index (χ0) is 14.1. The molecule has 0 radical (unpaired) electrons. The fourth-order valence-corrected chi connectivity index (χ4v) is 2.89. The molecule has 4 heteroatoms. The minimum absolute atomic E-state index is 0.103. The Bertz CT molecular complexity index is 600. The Morgan fingerprint density at radius 1 is 1.35 bits per heavy atom. The summed E-state index contributed by atoms with van der Waals surface area (Å²) in [5, 5.41) is 4.48. The van der Waals surface area contributed by atoms with E-state index in [1.165, 1.54) is 23.2 Å². The summed E-state index contributed by atoms with van der Waals surface area (Å²) in [4.78, 5) is 2.42. The highest BCUT2D eigenvalue weighted by molar-refractivity contribution is 5.57. The second kappa shape index (κ2) is 5.29. The molecule has 20 heavy (non-hydrogen) atoms. The van der Waals surface area contributed by atoms with Gasteiger partial charge in [0, 0.05) is 31.5 Å². The molecule has 0 bridgehead atoms. The van der Waals surface area contributed by atoms with Gasteiger partial charge in [0.05, 0.1) is 12.2 Å². The summed E-state index contributed by atoms with van der Waals surface area (Å²) in [7, 11) is 1.96. The molecule has 1 aliphatic rings. The molecule has 0 fully saturated rings. The van der Waals surface area contributed by atoms with Crippen molar-refractivity contribution < 1.29 is 0 Å². The number of nitrogens with two attached hydrogens (primary N) is 1. The van der Waals surface area contributed by atoms with Crippen molar-refractivity contribution in [1.82, 2.24) is 9.78 Å². The van der Waals surface area contributed by atoms with Crippen LogP contribution in [-0.4, -0.2) is 16.3 Å². The van der Waals surface area contributed by atoms with Crippen LogP contribution in [0.5, 0.6) is 0 Å². The first-order valence-electron chi connectivity index (χ1n) is 7.25. The highest BCUT2D eigenvalue weighted by atomic mass is 15.3. The SMILES string of the molecule is CC(N)c1ccc2c(c1)CCCN2Cc1ccn(C)n1. The van der Waals surface area contributed by atoms with Crippen LogP contribution in [0.2, 0.25) is 0 Å². The van der Waals surface area contributed by atoms with E-state index in [1.807, 2.05) is 24.9 Å². The molecular formula is C16H22N4. The summed E-state index contributed by atoms with van der Waals surface area (Å²) in [6, 6.07) is 8.83. The van der Waals surface area contributed by atoms with Gasteiger partial charge in [-0.1, -0.05) is 12.1 Å². The van der Waals surface area contributed by atoms with Gasteiger partial charge in [-0.25, -0.2) is 0 Å². The summed E-state index contributed by atoms with van der Waals surface area (Å²) >= 11 is 0. The fraction of sp³-hybridized carbons (Fsp3) is 0.438. The van der Waals surface area contributed by atoms with Gasteiger partial charge >= 0.3 is 0 Å². The van der Waals surface area contributed by atoms with Gasteiger partial charge in [-0.2, -0.15) is 5.10 Å². The normalized spacial score (nSPS) is 16.1. The third kappa shape index (κ3) is 2.56. The van der Waals surface area contributed by atoms with E-state index < -0.39 is 0 Å². The van der Waals surface area contributed by atoms with Crippen molar-refractivity contribution in [1.29, 1.82) is 0 Å². The number of hydrogen-bond donors (Lipinski definition) is 1. The van der Waals surface area contributed by atoms with Gasteiger partial charge in [-0.15, -0.1) is 0 Å². The van der Waals surface area contributed by atoms with E-state index in [9.17, 15) is 0 Å². The molecule has 2 heterocycles. The van der Waals surface area contributed by atoms with Gasteiger partial charge < -0.3 is 10.6 Å². The number of aryl methyl sites for hydroxylation is 2. The standard InChI is InChI=1S/C16H22N4/c1-12(17)13-5-6-16-14(10-13)4-3-8-20(16)11-15-7-9-19(2)18-15/h5-7,9-10,12H,3-4,8,11,17H2,1-2H3. The maximum atomic E-state index is 5.98. The lowest BCUT2D eigenvalue weighted by Gasteiger charge is -2.31. The zero-order valence-electron chi connectivity index (χ0n) is 12.2. The number of benzene rings is 1. The molecular weight excluding hydrogens is 248 g/mol. The van der Waals surface area contributed by atoms with Gasteiger partial charge in [0.1, 0.15) is 0 Å². The molecule has 1 unspecified atom stereocenters. The fourth-order valence-electron chi connectivity index (χ4n) is 2.89. The van der Waals surface area contributed by atoms with Crippen LogP contribution in [0.4, 0.5) is 5.69 Å². The van der Waals surface area contributed by atoms with E-state index in [1.54, 1.807) is 0 Å². The number of hydrogen-bond acceptors (Lipinski definition) is 3. The van der Waals surface area contributed by atoms with Gasteiger partial charge in [-0.3, -0.25) is 4.68 Å². The second-order valence-corrected chi connectivity index (χ2v) is 5.68. The van der Waals surface area contributed by atoms with Crippen molar-refractivity contribution in [3.63, 3.8) is 0 Å². The minimum Gasteiger partial charge on any atom is -0.365 e. The molecule has 1 aromatic heterocycles. The van der Waals surface area contributed by atoms with Crippen LogP contribution in [0.25, 0.3) is 0 Å². The highest BCUT2D eigenvalue weighted by Gasteiger charge is 2.18. The number of fused-ring (bicyclic) bond motifs is 1. The maximum Gasteiger partial charge on any atom is 0.0817 e. The number of nitrogens with zero attached hydrogens (tertiary/aromatic N) is 3. The van der Waals surface area contributed by atoms with Crippen molar-refractivity contribution in [2.24, 2.45) is 12.8 Å². The second-order valence-electron chi connectivity index (χ2n) is 5.68. The molecule has 3 rings (SSSR count). The molecule has 106 valence electrons. The molecule has 1 aromatic carbocycles. The number of aromatic nitrogens is 2. The van der Waals surface area contributed by atoms with Crippen molar-refractivity contribution in [3.05, 3.63) is 47.3 Å². The highest BCUT2D eigenvalue weighted by Crippen LogP contribution is 2.30. The van der Waals surface area contributed by atoms with Crippen molar-refractivity contribution >= 4 is 5.69 Å². The smallest absolute Gasteiger partial charge is 0.0817 e. The van der Waals surface area contributed by atoms with Crippen molar-refractivity contribution in [2.45, 2.75) is 32.4 Å². The average Bonchev–Trinajstić information content (AvgIpc) is 2.84. The van der Waals surface area contributed by atoms with Crippen LogP contribution in [0.3, 0.4) is 0 Å². The Hall–Kier alpha value is -1.81. The van der Waals surface area contributed by atoms with E-state index >= 15 is 0 Å². The molecule has 0 amide bonds. The topological polar surface area (TPSA) is 47.1 Å². The first-order chi connectivity index (χ1) is 9.63. The summed E-state index contributed by atoms with van der Waals surface area (Å²) in [6.45, 7) is 4.02. The van der Waals surface area contributed by atoms with Crippen LogP contribution in [0, 0.1) is 0 Å². The number of rotatable bonds is 3. The lowest BCUT2D eigenvalue weighted by Crippen LogP contribution is -2.29. The molecule has 4 nitrogen and oxygen atoms in total. The average molecular weight is 270 g/mol. The van der Waals surface area contributed by atoms with Crippen LogP contribution < -0.4 is 10.6 Å². The first kappa shape index (κ1) is 13.2. The van der Waals surface area contributed by atoms with Crippen LogP contribution >= 0.6 is 0 Å². The molecule has 1 aliphatic heterocycles. The molecule has 0 aliphatic carbocycles. The van der Waals surface area contributed by atoms with Crippen LogP contribution in [0.15, 0.2) is 30.5 Å². The third-order valence-electron chi connectivity index (χ3n) is 3.97. The molecule has 0 saturated heterocycles. The Kier molecular flexibility index (Phi) is 3.49. The monoisotopic (exact) mass is 270 g/mol. The van der Waals surface area contributed by atoms with E-state index in [0.29, 0.717) is 0 Å². The predicted molar refractivity (Wildman–Crippen MR) is 81.6 cm³/mol. The summed E-state index contributed by atoms with van der Waals surface area (Å²) in [5.41, 5.74) is 11.1. The lowest BCUT2D eigenvalue weighted by molar-refractivity contribution is 0.666. The lowest BCUT2D eigenvalue weighted by atomic mass is 9.97. The maximum absolute atomic E-state index is 5.98. The van der Waals surface area contributed by atoms with Gasteiger partial charge in [0.2, 0.25) is 0 Å².